The van der Waals surface area contributed by atoms with E-state index in [9.17, 15) is 23.2 Å². The van der Waals surface area contributed by atoms with E-state index in [4.69, 9.17) is 4.65 Å². The number of hydrogen-bond donors (Lipinski definition) is 2. The van der Waals surface area contributed by atoms with Crippen molar-refractivity contribution >= 4 is 7.32 Å². The van der Waals surface area contributed by atoms with Crippen molar-refractivity contribution in [3.63, 3.8) is 0 Å². The van der Waals surface area contributed by atoms with Gasteiger partial charge in [0.05, 0.1) is 11.0 Å². The lowest BCUT2D eigenvalue weighted by molar-refractivity contribution is -0.0560. The second-order valence-corrected chi connectivity index (χ2v) is 8.62. The number of benzene rings is 3. The summed E-state index contributed by atoms with van der Waals surface area (Å²) in [4.78, 5) is 0. The molecule has 0 bridgehead atoms. The summed E-state index contributed by atoms with van der Waals surface area (Å²) in [5.41, 5.74) is -1.36. The van der Waals surface area contributed by atoms with Crippen LogP contribution in [0.2, 0.25) is 0 Å². The molecule has 1 aliphatic carbocycles. The normalized spacial score (nSPS) is 20.6. The Hall–Kier alpha value is -2.61. The fourth-order valence-corrected chi connectivity index (χ4v) is 5.50. The molecule has 1 aliphatic rings. The minimum atomic E-state index is -2.19. The average molecular weight is 454 g/mol. The van der Waals surface area contributed by atoms with Crippen LogP contribution in [0.1, 0.15) is 55.2 Å². The molecule has 0 aromatic heterocycles. The second-order valence-electron chi connectivity index (χ2n) is 8.62. The molecule has 0 amide bonds. The summed E-state index contributed by atoms with van der Waals surface area (Å²) < 4.78 is 49.6. The first kappa shape index (κ1) is 23.5. The van der Waals surface area contributed by atoms with Gasteiger partial charge in [-0.1, -0.05) is 62.1 Å². The van der Waals surface area contributed by atoms with Crippen molar-refractivity contribution in [1.29, 1.82) is 0 Å². The van der Waals surface area contributed by atoms with E-state index in [0.717, 1.165) is 12.8 Å². The predicted molar refractivity (Wildman–Crippen MR) is 121 cm³/mol. The van der Waals surface area contributed by atoms with Crippen molar-refractivity contribution in [3.8, 4) is 0 Å². The van der Waals surface area contributed by atoms with Gasteiger partial charge in [-0.05, 0) is 65.9 Å². The van der Waals surface area contributed by atoms with Gasteiger partial charge in [-0.25, -0.2) is 13.2 Å². The van der Waals surface area contributed by atoms with Crippen LogP contribution in [0, 0.1) is 17.5 Å². The van der Waals surface area contributed by atoms with Crippen LogP contribution in [-0.4, -0.2) is 17.4 Å². The van der Waals surface area contributed by atoms with Crippen LogP contribution >= 0.6 is 0 Å². The molecule has 0 heterocycles. The van der Waals surface area contributed by atoms with Crippen molar-refractivity contribution in [2.75, 3.05) is 0 Å². The lowest BCUT2D eigenvalue weighted by Crippen LogP contribution is -2.55. The first-order chi connectivity index (χ1) is 15.9. The maximum Gasteiger partial charge on any atom is 0.634 e. The largest absolute Gasteiger partial charge is 0.634 e. The van der Waals surface area contributed by atoms with Gasteiger partial charge < -0.3 is 14.7 Å². The van der Waals surface area contributed by atoms with Crippen LogP contribution in [0.5, 0.6) is 0 Å². The minimum Gasteiger partial charge on any atom is -0.402 e. The zero-order valence-corrected chi connectivity index (χ0v) is 18.2. The third-order valence-electron chi connectivity index (χ3n) is 6.75. The van der Waals surface area contributed by atoms with Crippen molar-refractivity contribution in [1.82, 2.24) is 0 Å². The molecule has 33 heavy (non-hydrogen) atoms. The van der Waals surface area contributed by atoms with E-state index in [0.29, 0.717) is 42.4 Å². The Morgan fingerprint density at radius 3 is 1.58 bits per heavy atom. The summed E-state index contributed by atoms with van der Waals surface area (Å²) in [5, 5.41) is 20.2. The molecule has 0 saturated heterocycles. The van der Waals surface area contributed by atoms with Crippen LogP contribution in [0.4, 0.5) is 13.2 Å². The molecule has 1 fully saturated rings. The molecule has 1 saturated carbocycles. The fraction of sp³-hybridized carbons (Fsp3) is 0.308. The molecular weight excluding hydrogens is 428 g/mol. The molecule has 1 atom stereocenters. The first-order valence-corrected chi connectivity index (χ1v) is 11.2. The Morgan fingerprint density at radius 2 is 1.09 bits per heavy atom. The van der Waals surface area contributed by atoms with Gasteiger partial charge in [0.25, 0.3) is 0 Å². The summed E-state index contributed by atoms with van der Waals surface area (Å²) in [5.74, 6) is -1.48. The highest BCUT2D eigenvalue weighted by Gasteiger charge is 2.56. The SMILES string of the molecule is OB(O)OC1(c2cccc(F)c2)CCCCCCC1(c1cccc(F)c1)c1cccc(F)c1. The van der Waals surface area contributed by atoms with Gasteiger partial charge in [-0.3, -0.25) is 0 Å². The highest BCUT2D eigenvalue weighted by atomic mass is 19.1. The van der Waals surface area contributed by atoms with Gasteiger partial charge in [-0.15, -0.1) is 0 Å². The highest BCUT2D eigenvalue weighted by molar-refractivity contribution is 6.32. The van der Waals surface area contributed by atoms with E-state index in [1.54, 1.807) is 30.3 Å². The van der Waals surface area contributed by atoms with Crippen molar-refractivity contribution in [3.05, 3.63) is 107 Å². The molecule has 3 aromatic rings. The predicted octanol–water partition coefficient (Wildman–Crippen LogP) is 5.63. The van der Waals surface area contributed by atoms with E-state index >= 15 is 0 Å². The maximum atomic E-state index is 14.6. The maximum absolute atomic E-state index is 14.6. The van der Waals surface area contributed by atoms with Gasteiger partial charge in [0.1, 0.15) is 17.5 Å². The van der Waals surface area contributed by atoms with E-state index < -0.39 is 35.8 Å². The average Bonchev–Trinajstić information content (AvgIpc) is 2.76. The summed E-state index contributed by atoms with van der Waals surface area (Å²) >= 11 is 0. The molecule has 172 valence electrons. The Labute approximate surface area is 192 Å². The Morgan fingerprint density at radius 1 is 0.636 bits per heavy atom. The van der Waals surface area contributed by atoms with Gasteiger partial charge in [0.15, 0.2) is 0 Å². The minimum absolute atomic E-state index is 0.293. The van der Waals surface area contributed by atoms with Crippen LogP contribution in [0.3, 0.4) is 0 Å². The van der Waals surface area contributed by atoms with Crippen molar-refractivity contribution in [2.24, 2.45) is 0 Å². The standard InChI is InChI=1S/C26H26BF3O3/c28-22-11-5-8-19(16-22)25(20-9-6-12-23(29)17-20)14-3-1-2-4-15-26(25,33-27(31)32)21-10-7-13-24(30)18-21/h5-13,16-18,31-32H,1-4,14-15H2. The van der Waals surface area contributed by atoms with Crippen molar-refractivity contribution < 1.29 is 27.9 Å². The van der Waals surface area contributed by atoms with E-state index in [-0.39, 0.29) is 0 Å². The van der Waals surface area contributed by atoms with Gasteiger partial charge in [0.2, 0.25) is 0 Å². The molecule has 1 unspecified atom stereocenters. The molecule has 0 aliphatic heterocycles. The van der Waals surface area contributed by atoms with Crippen LogP contribution < -0.4 is 0 Å². The zero-order valence-electron chi connectivity index (χ0n) is 18.2. The van der Waals surface area contributed by atoms with Crippen LogP contribution in [0.25, 0.3) is 0 Å². The first-order valence-electron chi connectivity index (χ1n) is 11.2. The highest BCUT2D eigenvalue weighted by Crippen LogP contribution is 2.56. The molecule has 4 rings (SSSR count). The summed E-state index contributed by atoms with van der Waals surface area (Å²) in [6.07, 6.45) is 3.81. The van der Waals surface area contributed by atoms with Gasteiger partial charge in [-0.2, -0.15) is 0 Å². The van der Waals surface area contributed by atoms with Gasteiger partial charge >= 0.3 is 7.32 Å². The van der Waals surface area contributed by atoms with E-state index in [1.807, 2.05) is 0 Å². The molecule has 7 heteroatoms. The molecule has 0 radical (unpaired) electrons. The Balaban J connectivity index is 2.14. The molecular formula is C26H26BF3O3. The Bertz CT molecular complexity index is 1060. The molecule has 3 nitrogen and oxygen atoms in total. The fourth-order valence-electron chi connectivity index (χ4n) is 5.50. The Kier molecular flexibility index (Phi) is 6.93. The van der Waals surface area contributed by atoms with Crippen LogP contribution in [0.15, 0.2) is 72.8 Å². The zero-order chi connectivity index (χ0) is 23.5. The monoisotopic (exact) mass is 454 g/mol. The quantitative estimate of drug-likeness (QED) is 0.492. The third kappa shape index (κ3) is 4.45. The summed E-state index contributed by atoms with van der Waals surface area (Å²) in [6, 6.07) is 17.8. The number of hydrogen-bond acceptors (Lipinski definition) is 3. The summed E-state index contributed by atoms with van der Waals surface area (Å²) in [7, 11) is -2.19. The molecule has 3 aromatic carbocycles. The lowest BCUT2D eigenvalue weighted by Gasteiger charge is -2.53. The second kappa shape index (κ2) is 9.71. The van der Waals surface area contributed by atoms with E-state index in [2.05, 4.69) is 0 Å². The smallest absolute Gasteiger partial charge is 0.402 e. The van der Waals surface area contributed by atoms with Gasteiger partial charge in [0, 0.05) is 0 Å². The molecule has 2 N–H and O–H groups in total. The van der Waals surface area contributed by atoms with E-state index in [1.165, 1.54) is 42.5 Å². The van der Waals surface area contributed by atoms with Crippen LogP contribution in [-0.2, 0) is 15.7 Å². The lowest BCUT2D eigenvalue weighted by atomic mass is 9.55. The third-order valence-corrected chi connectivity index (χ3v) is 6.75. The van der Waals surface area contributed by atoms with Crippen molar-refractivity contribution in [2.45, 2.75) is 49.5 Å². The number of halogens is 3. The molecule has 0 spiro atoms. The topological polar surface area (TPSA) is 49.7 Å². The number of rotatable bonds is 5. The summed E-state index contributed by atoms with van der Waals surface area (Å²) in [6.45, 7) is 0.